The normalized spacial score (nSPS) is 51.5. The molecule has 0 aromatic rings. The molecule has 4 aliphatic rings. The largest absolute Gasteiger partial charge is 0.300 e. The van der Waals surface area contributed by atoms with Gasteiger partial charge in [0, 0.05) is 31.0 Å². The van der Waals surface area contributed by atoms with Crippen LogP contribution in [-0.4, -0.2) is 28.8 Å². The molecule has 2 aliphatic heterocycles. The van der Waals surface area contributed by atoms with Crippen molar-refractivity contribution in [2.75, 3.05) is 0 Å². The fraction of sp³-hybridized carbons (Fsp3) is 0.929. The van der Waals surface area contributed by atoms with E-state index in [0.29, 0.717) is 17.9 Å². The first kappa shape index (κ1) is 9.64. The van der Waals surface area contributed by atoms with Crippen molar-refractivity contribution >= 4 is 5.78 Å². The van der Waals surface area contributed by atoms with E-state index in [-0.39, 0.29) is 0 Å². The van der Waals surface area contributed by atoms with Crippen molar-refractivity contribution in [3.05, 3.63) is 0 Å². The van der Waals surface area contributed by atoms with Gasteiger partial charge in [0.05, 0.1) is 0 Å². The molecule has 2 aliphatic carbocycles. The van der Waals surface area contributed by atoms with Crippen molar-refractivity contribution < 1.29 is 4.79 Å². The average molecular weight is 219 g/mol. The van der Waals surface area contributed by atoms with Crippen LogP contribution in [0.1, 0.15) is 51.4 Å². The van der Waals surface area contributed by atoms with E-state index in [1.54, 1.807) is 0 Å². The Balaban J connectivity index is 1.58. The molecule has 4 rings (SSSR count). The van der Waals surface area contributed by atoms with Gasteiger partial charge in [0.1, 0.15) is 5.78 Å². The number of nitrogens with zero attached hydrogens (tertiary/aromatic N) is 1. The minimum absolute atomic E-state index is 0.534. The maximum Gasteiger partial charge on any atom is 0.136 e. The second-order valence-corrected chi connectivity index (χ2v) is 6.52. The highest BCUT2D eigenvalue weighted by atomic mass is 16.1. The molecule has 2 heterocycles. The van der Waals surface area contributed by atoms with E-state index >= 15 is 0 Å². The molecule has 0 amide bonds. The molecule has 2 saturated heterocycles. The number of ketones is 1. The zero-order chi connectivity index (χ0) is 10.7. The van der Waals surface area contributed by atoms with E-state index in [2.05, 4.69) is 4.90 Å². The van der Waals surface area contributed by atoms with Gasteiger partial charge in [-0.25, -0.2) is 0 Å². The third-order valence-corrected chi connectivity index (χ3v) is 5.69. The summed E-state index contributed by atoms with van der Waals surface area (Å²) in [6.07, 6.45) is 10.2. The van der Waals surface area contributed by atoms with Crippen LogP contribution in [-0.2, 0) is 4.79 Å². The third kappa shape index (κ3) is 1.25. The highest BCUT2D eigenvalue weighted by Crippen LogP contribution is 2.50. The summed E-state index contributed by atoms with van der Waals surface area (Å²) in [5.74, 6) is 2.56. The van der Waals surface area contributed by atoms with Crippen molar-refractivity contribution in [3.63, 3.8) is 0 Å². The van der Waals surface area contributed by atoms with Gasteiger partial charge in [0.2, 0.25) is 0 Å². The van der Waals surface area contributed by atoms with Gasteiger partial charge in [-0.3, -0.25) is 9.69 Å². The smallest absolute Gasteiger partial charge is 0.136 e. The predicted octanol–water partition coefficient (Wildman–Crippen LogP) is 2.37. The quantitative estimate of drug-likeness (QED) is 0.675. The van der Waals surface area contributed by atoms with Crippen LogP contribution in [0.4, 0.5) is 0 Å². The predicted molar refractivity (Wildman–Crippen MR) is 62.1 cm³/mol. The number of piperidine rings is 1. The van der Waals surface area contributed by atoms with Gasteiger partial charge in [-0.05, 0) is 43.9 Å². The molecule has 2 heteroatoms. The number of carbonyl (C=O) groups is 1. The third-order valence-electron chi connectivity index (χ3n) is 5.69. The molecule has 5 atom stereocenters. The Morgan fingerprint density at radius 3 is 2.25 bits per heavy atom. The lowest BCUT2D eigenvalue weighted by molar-refractivity contribution is -0.124. The van der Waals surface area contributed by atoms with Gasteiger partial charge in [-0.1, -0.05) is 6.42 Å². The first-order valence-corrected chi connectivity index (χ1v) is 7.10. The van der Waals surface area contributed by atoms with Crippen LogP contribution in [0.5, 0.6) is 0 Å². The summed E-state index contributed by atoms with van der Waals surface area (Å²) in [6.45, 7) is 0. The monoisotopic (exact) mass is 219 g/mol. The fourth-order valence-electron chi connectivity index (χ4n) is 5.12. The Kier molecular flexibility index (Phi) is 2.00. The number of hydrogen-bond acceptors (Lipinski definition) is 2. The van der Waals surface area contributed by atoms with E-state index in [4.69, 9.17) is 0 Å². The number of carbonyl (C=O) groups excluding carboxylic acids is 1. The highest BCUT2D eigenvalue weighted by Gasteiger charge is 2.50. The van der Waals surface area contributed by atoms with Crippen molar-refractivity contribution in [1.82, 2.24) is 4.90 Å². The van der Waals surface area contributed by atoms with Crippen LogP contribution in [0.25, 0.3) is 0 Å². The molecule has 0 aromatic heterocycles. The maximum absolute atomic E-state index is 11.6. The Morgan fingerprint density at radius 1 is 0.938 bits per heavy atom. The summed E-state index contributed by atoms with van der Waals surface area (Å²) >= 11 is 0. The Hall–Kier alpha value is -0.370. The van der Waals surface area contributed by atoms with Crippen LogP contribution in [0, 0.1) is 11.8 Å². The second kappa shape index (κ2) is 3.32. The molecule has 0 aromatic carbocycles. The Morgan fingerprint density at radius 2 is 1.69 bits per heavy atom. The van der Waals surface area contributed by atoms with Crippen molar-refractivity contribution in [3.8, 4) is 0 Å². The summed E-state index contributed by atoms with van der Waals surface area (Å²) in [5.41, 5.74) is 0. The molecule has 2 saturated carbocycles. The van der Waals surface area contributed by atoms with E-state index in [1.165, 1.54) is 38.5 Å². The van der Waals surface area contributed by atoms with Crippen LogP contribution >= 0.6 is 0 Å². The number of fused-ring (bicyclic) bond motifs is 4. The molecule has 5 unspecified atom stereocenters. The lowest BCUT2D eigenvalue weighted by atomic mass is 9.89. The average Bonchev–Trinajstić information content (AvgIpc) is 2.91. The molecular formula is C14H21NO. The first-order valence-electron chi connectivity index (χ1n) is 7.10. The van der Waals surface area contributed by atoms with Crippen LogP contribution in [0.2, 0.25) is 0 Å². The van der Waals surface area contributed by atoms with Crippen LogP contribution < -0.4 is 0 Å². The van der Waals surface area contributed by atoms with Crippen molar-refractivity contribution in [2.45, 2.75) is 69.5 Å². The summed E-state index contributed by atoms with van der Waals surface area (Å²) in [6, 6.07) is 2.13. The van der Waals surface area contributed by atoms with Gasteiger partial charge in [0.15, 0.2) is 0 Å². The van der Waals surface area contributed by atoms with Crippen molar-refractivity contribution in [2.24, 2.45) is 11.8 Å². The number of rotatable bonds is 1. The first-order chi connectivity index (χ1) is 7.81. The van der Waals surface area contributed by atoms with Crippen LogP contribution in [0.15, 0.2) is 0 Å². The molecule has 16 heavy (non-hydrogen) atoms. The summed E-state index contributed by atoms with van der Waals surface area (Å²) in [4.78, 5) is 14.4. The van der Waals surface area contributed by atoms with E-state index in [9.17, 15) is 4.79 Å². The zero-order valence-electron chi connectivity index (χ0n) is 9.90. The molecule has 4 fully saturated rings. The zero-order valence-corrected chi connectivity index (χ0v) is 9.90. The summed E-state index contributed by atoms with van der Waals surface area (Å²) in [7, 11) is 0. The van der Waals surface area contributed by atoms with E-state index in [1.807, 2.05) is 0 Å². The van der Waals surface area contributed by atoms with Gasteiger partial charge in [-0.2, -0.15) is 0 Å². The van der Waals surface area contributed by atoms with Gasteiger partial charge in [-0.15, -0.1) is 0 Å². The lowest BCUT2D eigenvalue weighted by Crippen LogP contribution is -2.50. The highest BCUT2D eigenvalue weighted by molar-refractivity contribution is 5.81. The topological polar surface area (TPSA) is 20.3 Å². The number of hydrogen-bond donors (Lipinski definition) is 0. The molecule has 0 spiro atoms. The lowest BCUT2D eigenvalue weighted by Gasteiger charge is -2.42. The number of Topliss-reactive ketones (excluding diaryl/α,β-unsaturated/α-hetero) is 1. The standard InChI is InChI=1S/C14H21NO/c16-13-7-11-3-4-12(8-13)15(11)14-6-9-1-2-10(14)5-9/h9-12,14H,1-8H2. The minimum Gasteiger partial charge on any atom is -0.300 e. The van der Waals surface area contributed by atoms with E-state index < -0.39 is 0 Å². The molecule has 88 valence electrons. The van der Waals surface area contributed by atoms with Gasteiger partial charge >= 0.3 is 0 Å². The van der Waals surface area contributed by atoms with Gasteiger partial charge < -0.3 is 0 Å². The van der Waals surface area contributed by atoms with Crippen molar-refractivity contribution in [1.29, 1.82) is 0 Å². The SMILES string of the molecule is O=C1CC2CCC(C1)N2C1CC2CCC1C2. The molecule has 4 bridgehead atoms. The Labute approximate surface area is 97.4 Å². The summed E-state index contributed by atoms with van der Waals surface area (Å²) < 4.78 is 0. The van der Waals surface area contributed by atoms with E-state index in [0.717, 1.165) is 30.7 Å². The fourth-order valence-corrected chi connectivity index (χ4v) is 5.12. The molecule has 0 N–H and O–H groups in total. The molecule has 2 nitrogen and oxygen atoms in total. The molecular weight excluding hydrogens is 198 g/mol. The second-order valence-electron chi connectivity index (χ2n) is 6.52. The Bertz CT molecular complexity index is 311. The summed E-state index contributed by atoms with van der Waals surface area (Å²) in [5, 5.41) is 0. The molecule has 0 radical (unpaired) electrons. The van der Waals surface area contributed by atoms with Crippen LogP contribution in [0.3, 0.4) is 0 Å². The minimum atomic E-state index is 0.534. The van der Waals surface area contributed by atoms with Gasteiger partial charge in [0.25, 0.3) is 0 Å². The maximum atomic E-state index is 11.6.